The molecule has 0 spiro atoms. The summed E-state index contributed by atoms with van der Waals surface area (Å²) in [6.45, 7) is 0.181. The maximum atomic E-state index is 12.7. The number of ether oxygens (including phenoxy) is 1. The average molecular weight is 387 g/mol. The Morgan fingerprint density at radius 1 is 1.22 bits per heavy atom. The molecule has 7 heteroatoms. The highest BCUT2D eigenvalue weighted by Crippen LogP contribution is 2.34. The number of benzene rings is 2. The average Bonchev–Trinajstić information content (AvgIpc) is 3.06. The van der Waals surface area contributed by atoms with Gasteiger partial charge >= 0.3 is 0 Å². The predicted molar refractivity (Wildman–Crippen MR) is 102 cm³/mol. The Kier molecular flexibility index (Phi) is 5.76. The molecule has 1 heterocycles. The largest absolute Gasteiger partial charge is 0.495 e. The van der Waals surface area contributed by atoms with E-state index in [0.29, 0.717) is 22.9 Å². The Morgan fingerprint density at radius 3 is 2.74 bits per heavy atom. The molecule has 6 nitrogen and oxygen atoms in total. The van der Waals surface area contributed by atoms with Crippen LogP contribution in [0.25, 0.3) is 0 Å². The van der Waals surface area contributed by atoms with Crippen molar-refractivity contribution in [3.05, 3.63) is 59.1 Å². The van der Waals surface area contributed by atoms with E-state index in [9.17, 15) is 14.4 Å². The van der Waals surface area contributed by atoms with Crippen molar-refractivity contribution in [2.75, 3.05) is 12.0 Å². The van der Waals surface area contributed by atoms with E-state index in [1.54, 1.807) is 48.5 Å². The second kappa shape index (κ2) is 8.22. The summed E-state index contributed by atoms with van der Waals surface area (Å²) in [5.74, 6) is -1.10. The van der Waals surface area contributed by atoms with Gasteiger partial charge < -0.3 is 10.1 Å². The first-order valence-corrected chi connectivity index (χ1v) is 8.90. The summed E-state index contributed by atoms with van der Waals surface area (Å²) in [7, 11) is 1.49. The summed E-state index contributed by atoms with van der Waals surface area (Å²) in [4.78, 5) is 38.8. The van der Waals surface area contributed by atoms with E-state index in [0.717, 1.165) is 5.56 Å². The third-order valence-electron chi connectivity index (χ3n) is 4.43. The minimum Gasteiger partial charge on any atom is -0.495 e. The normalized spacial score (nSPS) is 16.3. The number of para-hydroxylation sites is 2. The minimum atomic E-state index is -0.840. The second-order valence-corrected chi connectivity index (χ2v) is 6.60. The molecule has 140 valence electrons. The highest BCUT2D eigenvalue weighted by Gasteiger charge is 2.40. The van der Waals surface area contributed by atoms with Gasteiger partial charge in [-0.1, -0.05) is 35.9 Å². The maximum absolute atomic E-state index is 12.7. The first kappa shape index (κ1) is 18.9. The van der Waals surface area contributed by atoms with Gasteiger partial charge in [-0.15, -0.1) is 0 Å². The van der Waals surface area contributed by atoms with Crippen molar-refractivity contribution < 1.29 is 19.1 Å². The van der Waals surface area contributed by atoms with Crippen molar-refractivity contribution in [2.45, 2.75) is 25.4 Å². The third kappa shape index (κ3) is 4.11. The molecule has 0 aliphatic carbocycles. The molecule has 1 aliphatic heterocycles. The molecule has 3 rings (SSSR count). The first-order valence-electron chi connectivity index (χ1n) is 8.53. The van der Waals surface area contributed by atoms with Gasteiger partial charge in [-0.25, -0.2) is 0 Å². The number of ketones is 1. The summed E-state index contributed by atoms with van der Waals surface area (Å²) in [5, 5.41) is 3.15. The fourth-order valence-electron chi connectivity index (χ4n) is 3.13. The van der Waals surface area contributed by atoms with Gasteiger partial charge in [-0.3, -0.25) is 19.3 Å². The molecule has 1 saturated heterocycles. The molecule has 0 aromatic heterocycles. The molecule has 27 heavy (non-hydrogen) atoms. The van der Waals surface area contributed by atoms with Gasteiger partial charge in [0.25, 0.3) is 5.91 Å². The van der Waals surface area contributed by atoms with Crippen molar-refractivity contribution >= 4 is 34.9 Å². The van der Waals surface area contributed by atoms with Crippen LogP contribution in [0, 0.1) is 0 Å². The predicted octanol–water partition coefficient (Wildman–Crippen LogP) is 2.73. The minimum absolute atomic E-state index is 0.181. The van der Waals surface area contributed by atoms with Gasteiger partial charge in [-0.05, 0) is 36.2 Å². The van der Waals surface area contributed by atoms with E-state index in [1.807, 2.05) is 0 Å². The van der Waals surface area contributed by atoms with Crippen LogP contribution in [0.4, 0.5) is 5.69 Å². The zero-order chi connectivity index (χ0) is 19.4. The molecule has 2 aromatic rings. The fourth-order valence-corrected chi connectivity index (χ4v) is 3.34. The molecule has 0 saturated carbocycles. The molecule has 1 atom stereocenters. The first-order chi connectivity index (χ1) is 13.0. The molecule has 1 N–H and O–H groups in total. The number of Topliss-reactive ketones (excluding diaryl/α,β-unsaturated/α-hetero) is 1. The number of nitrogens with zero attached hydrogens (tertiary/aromatic N) is 1. The van der Waals surface area contributed by atoms with Crippen LogP contribution in [-0.4, -0.2) is 30.7 Å². The highest BCUT2D eigenvalue weighted by atomic mass is 35.5. The second-order valence-electron chi connectivity index (χ2n) is 6.17. The van der Waals surface area contributed by atoms with E-state index in [4.69, 9.17) is 16.3 Å². The quantitative estimate of drug-likeness (QED) is 0.774. The van der Waals surface area contributed by atoms with Crippen LogP contribution in [0.15, 0.2) is 48.5 Å². The topological polar surface area (TPSA) is 75.7 Å². The zero-order valence-corrected chi connectivity index (χ0v) is 15.5. The number of nitrogens with one attached hydrogen (secondary N) is 1. The van der Waals surface area contributed by atoms with E-state index < -0.39 is 17.7 Å². The van der Waals surface area contributed by atoms with Crippen molar-refractivity contribution in [1.82, 2.24) is 5.32 Å². The Bertz CT molecular complexity index is 884. The van der Waals surface area contributed by atoms with Crippen LogP contribution in [0.1, 0.15) is 18.4 Å². The number of halogens is 1. The maximum Gasteiger partial charge on any atom is 0.289 e. The standard InChI is InChI=1S/C20H19ClN2O4/c1-27-17-8-3-2-7-15(17)23-16(9-10-18(23)24)19(25)20(26)22-12-13-5-4-6-14(21)11-13/h2-8,11,16H,9-10,12H2,1H3,(H,22,26)/t16-/m0/s1. The Hall–Kier alpha value is -2.86. The number of amides is 2. The molecule has 0 bridgehead atoms. The van der Waals surface area contributed by atoms with Crippen LogP contribution < -0.4 is 15.0 Å². The van der Waals surface area contributed by atoms with Crippen molar-refractivity contribution in [3.8, 4) is 5.75 Å². The molecule has 1 aliphatic rings. The Morgan fingerprint density at radius 2 is 2.00 bits per heavy atom. The van der Waals surface area contributed by atoms with Crippen molar-refractivity contribution in [1.29, 1.82) is 0 Å². The van der Waals surface area contributed by atoms with Gasteiger partial charge in [-0.2, -0.15) is 0 Å². The van der Waals surface area contributed by atoms with Gasteiger partial charge in [0.2, 0.25) is 11.7 Å². The highest BCUT2D eigenvalue weighted by molar-refractivity contribution is 6.39. The number of anilines is 1. The molecule has 0 radical (unpaired) electrons. The molecular weight excluding hydrogens is 368 g/mol. The van der Waals surface area contributed by atoms with Gasteiger partial charge in [0.15, 0.2) is 0 Å². The number of hydrogen-bond donors (Lipinski definition) is 1. The van der Waals surface area contributed by atoms with Crippen molar-refractivity contribution in [3.63, 3.8) is 0 Å². The summed E-state index contributed by atoms with van der Waals surface area (Å²) in [6.07, 6.45) is 0.496. The molecule has 1 fully saturated rings. The summed E-state index contributed by atoms with van der Waals surface area (Å²) < 4.78 is 5.29. The zero-order valence-electron chi connectivity index (χ0n) is 14.8. The SMILES string of the molecule is COc1ccccc1N1C(=O)CC[C@H]1C(=O)C(=O)NCc1cccc(Cl)c1. The lowest BCUT2D eigenvalue weighted by atomic mass is 10.1. The van der Waals surface area contributed by atoms with E-state index in [-0.39, 0.29) is 18.9 Å². The van der Waals surface area contributed by atoms with Gasteiger partial charge in [0.05, 0.1) is 12.8 Å². The van der Waals surface area contributed by atoms with Gasteiger partial charge in [0, 0.05) is 18.0 Å². The Balaban J connectivity index is 1.74. The van der Waals surface area contributed by atoms with Crippen LogP contribution in [0.5, 0.6) is 5.75 Å². The number of hydrogen-bond acceptors (Lipinski definition) is 4. The lowest BCUT2D eigenvalue weighted by molar-refractivity contribution is -0.138. The van der Waals surface area contributed by atoms with E-state index >= 15 is 0 Å². The Labute approximate surface area is 162 Å². The molecular formula is C20H19ClN2O4. The van der Waals surface area contributed by atoms with Crippen LogP contribution >= 0.6 is 11.6 Å². The number of methoxy groups -OCH3 is 1. The third-order valence-corrected chi connectivity index (χ3v) is 4.66. The van der Waals surface area contributed by atoms with Crippen molar-refractivity contribution in [2.24, 2.45) is 0 Å². The lowest BCUT2D eigenvalue weighted by Gasteiger charge is -2.25. The number of carbonyl (C=O) groups excluding carboxylic acids is 3. The molecule has 2 amide bonds. The van der Waals surface area contributed by atoms with Crippen LogP contribution in [-0.2, 0) is 20.9 Å². The summed E-state index contributed by atoms with van der Waals surface area (Å²) >= 11 is 5.92. The smallest absolute Gasteiger partial charge is 0.289 e. The number of carbonyl (C=O) groups is 3. The van der Waals surface area contributed by atoms with Crippen LogP contribution in [0.2, 0.25) is 5.02 Å². The monoisotopic (exact) mass is 386 g/mol. The fraction of sp³-hybridized carbons (Fsp3) is 0.250. The summed E-state index contributed by atoms with van der Waals surface area (Å²) in [6, 6.07) is 13.1. The van der Waals surface area contributed by atoms with E-state index in [1.165, 1.54) is 12.0 Å². The van der Waals surface area contributed by atoms with Crippen LogP contribution in [0.3, 0.4) is 0 Å². The molecule has 2 aromatic carbocycles. The number of rotatable bonds is 6. The molecule has 0 unspecified atom stereocenters. The summed E-state index contributed by atoms with van der Waals surface area (Å²) in [5.41, 5.74) is 1.27. The van der Waals surface area contributed by atoms with E-state index in [2.05, 4.69) is 5.32 Å². The lowest BCUT2D eigenvalue weighted by Crippen LogP contribution is -2.45. The van der Waals surface area contributed by atoms with Gasteiger partial charge in [0.1, 0.15) is 11.8 Å².